The summed E-state index contributed by atoms with van der Waals surface area (Å²) in [5.74, 6) is 2.05. The van der Waals surface area contributed by atoms with Gasteiger partial charge in [-0.2, -0.15) is 0 Å². The first-order chi connectivity index (χ1) is 5.93. The third-order valence-corrected chi connectivity index (χ3v) is 2.50. The lowest BCUT2D eigenvalue weighted by Gasteiger charge is -2.02. The van der Waals surface area contributed by atoms with Gasteiger partial charge in [0, 0.05) is 18.9 Å². The Balaban J connectivity index is 2.18. The van der Waals surface area contributed by atoms with Gasteiger partial charge in [0.2, 0.25) is 0 Å². The van der Waals surface area contributed by atoms with Crippen LogP contribution in [0.3, 0.4) is 0 Å². The molecule has 3 rings (SSSR count). The van der Waals surface area contributed by atoms with Crippen LogP contribution in [0.15, 0.2) is 12.1 Å². The van der Waals surface area contributed by atoms with Gasteiger partial charge in [0.05, 0.1) is 13.2 Å². The van der Waals surface area contributed by atoms with E-state index in [4.69, 9.17) is 9.47 Å². The topological polar surface area (TPSA) is 18.5 Å². The monoisotopic (exact) mass is 162 g/mol. The minimum Gasteiger partial charge on any atom is -0.493 e. The van der Waals surface area contributed by atoms with Crippen molar-refractivity contribution in [3.05, 3.63) is 23.3 Å². The van der Waals surface area contributed by atoms with Gasteiger partial charge in [-0.05, 0) is 17.2 Å². The van der Waals surface area contributed by atoms with E-state index < -0.39 is 0 Å². The molecule has 2 heterocycles. The van der Waals surface area contributed by atoms with Crippen molar-refractivity contribution in [2.24, 2.45) is 0 Å². The van der Waals surface area contributed by atoms with Crippen LogP contribution < -0.4 is 9.47 Å². The molecule has 0 N–H and O–H groups in total. The molecule has 0 saturated carbocycles. The van der Waals surface area contributed by atoms with E-state index in [1.807, 2.05) is 6.07 Å². The molecule has 0 fully saturated rings. The molecule has 62 valence electrons. The van der Waals surface area contributed by atoms with Gasteiger partial charge in [-0.15, -0.1) is 0 Å². The van der Waals surface area contributed by atoms with Crippen LogP contribution in [0.2, 0.25) is 0 Å². The molecule has 0 saturated heterocycles. The molecule has 12 heavy (non-hydrogen) atoms. The molecule has 0 aliphatic carbocycles. The third-order valence-electron chi connectivity index (χ3n) is 2.50. The number of hydrogen-bond acceptors (Lipinski definition) is 2. The largest absolute Gasteiger partial charge is 0.493 e. The number of rotatable bonds is 0. The highest BCUT2D eigenvalue weighted by Crippen LogP contribution is 2.35. The smallest absolute Gasteiger partial charge is 0.126 e. The highest BCUT2D eigenvalue weighted by Gasteiger charge is 2.19. The molecule has 0 bridgehead atoms. The summed E-state index contributed by atoms with van der Waals surface area (Å²) < 4.78 is 10.9. The molecular weight excluding hydrogens is 152 g/mol. The Kier molecular flexibility index (Phi) is 1.14. The number of ether oxygens (including phenoxy) is 2. The van der Waals surface area contributed by atoms with E-state index in [-0.39, 0.29) is 0 Å². The Labute approximate surface area is 71.1 Å². The Morgan fingerprint density at radius 1 is 0.833 bits per heavy atom. The van der Waals surface area contributed by atoms with Crippen molar-refractivity contribution in [1.82, 2.24) is 0 Å². The van der Waals surface area contributed by atoms with Crippen molar-refractivity contribution in [2.75, 3.05) is 13.2 Å². The second kappa shape index (κ2) is 2.16. The van der Waals surface area contributed by atoms with Crippen LogP contribution in [0, 0.1) is 0 Å². The summed E-state index contributed by atoms with van der Waals surface area (Å²) in [5.41, 5.74) is 2.69. The van der Waals surface area contributed by atoms with Gasteiger partial charge in [0.1, 0.15) is 11.5 Å². The van der Waals surface area contributed by atoms with E-state index in [1.165, 1.54) is 11.1 Å². The highest BCUT2D eigenvalue weighted by molar-refractivity contribution is 5.49. The summed E-state index contributed by atoms with van der Waals surface area (Å²) in [6, 6.07) is 4.26. The molecule has 0 spiro atoms. The predicted octanol–water partition coefficient (Wildman–Crippen LogP) is 1.56. The van der Waals surface area contributed by atoms with Crippen LogP contribution in [0.1, 0.15) is 11.1 Å². The number of benzene rings is 1. The van der Waals surface area contributed by atoms with Gasteiger partial charge in [-0.3, -0.25) is 0 Å². The Hall–Kier alpha value is -1.18. The van der Waals surface area contributed by atoms with Crippen LogP contribution in [0.25, 0.3) is 0 Å². The lowest BCUT2D eigenvalue weighted by Crippen LogP contribution is -1.88. The molecule has 0 atom stereocenters. The SMILES string of the molecule is c1c2c(cc3c1CCO3)OCC2. The maximum absolute atomic E-state index is 5.44. The first-order valence-electron chi connectivity index (χ1n) is 4.35. The molecule has 0 radical (unpaired) electrons. The standard InChI is InChI=1S/C10H10O2/c1-3-11-9-6-10-8(2-4-12-10)5-7(1)9/h5-6H,1-4H2. The molecule has 2 aliphatic heterocycles. The average molecular weight is 162 g/mol. The van der Waals surface area contributed by atoms with E-state index in [0.29, 0.717) is 0 Å². The number of fused-ring (bicyclic) bond motifs is 2. The predicted molar refractivity (Wildman–Crippen MR) is 44.8 cm³/mol. The average Bonchev–Trinajstić information content (AvgIpc) is 2.64. The Morgan fingerprint density at radius 2 is 1.42 bits per heavy atom. The van der Waals surface area contributed by atoms with Crippen LogP contribution in [-0.2, 0) is 12.8 Å². The zero-order chi connectivity index (χ0) is 7.97. The zero-order valence-electron chi connectivity index (χ0n) is 6.80. The van der Waals surface area contributed by atoms with Crippen molar-refractivity contribution in [1.29, 1.82) is 0 Å². The molecule has 1 aromatic carbocycles. The molecule has 0 unspecified atom stereocenters. The summed E-state index contributed by atoms with van der Waals surface area (Å²) >= 11 is 0. The maximum Gasteiger partial charge on any atom is 0.126 e. The van der Waals surface area contributed by atoms with Crippen molar-refractivity contribution in [3.63, 3.8) is 0 Å². The molecule has 1 aromatic rings. The lowest BCUT2D eigenvalue weighted by molar-refractivity contribution is 0.342. The van der Waals surface area contributed by atoms with Crippen molar-refractivity contribution >= 4 is 0 Å². The van der Waals surface area contributed by atoms with Gasteiger partial charge in [-0.1, -0.05) is 0 Å². The van der Waals surface area contributed by atoms with Gasteiger partial charge in [-0.25, -0.2) is 0 Å². The minimum atomic E-state index is 0.832. The Bertz CT molecular complexity index is 271. The molecule has 2 aliphatic rings. The second-order valence-electron chi connectivity index (χ2n) is 3.26. The number of hydrogen-bond donors (Lipinski definition) is 0. The first kappa shape index (κ1) is 6.35. The first-order valence-corrected chi connectivity index (χ1v) is 4.35. The van der Waals surface area contributed by atoms with Crippen LogP contribution in [0.4, 0.5) is 0 Å². The highest BCUT2D eigenvalue weighted by atomic mass is 16.5. The van der Waals surface area contributed by atoms with Gasteiger partial charge in [0.15, 0.2) is 0 Å². The summed E-state index contributed by atoms with van der Waals surface area (Å²) in [5, 5.41) is 0. The fraction of sp³-hybridized carbons (Fsp3) is 0.400. The van der Waals surface area contributed by atoms with Gasteiger partial charge >= 0.3 is 0 Å². The van der Waals surface area contributed by atoms with Crippen molar-refractivity contribution < 1.29 is 9.47 Å². The van der Waals surface area contributed by atoms with E-state index in [1.54, 1.807) is 0 Å². The fourth-order valence-corrected chi connectivity index (χ4v) is 1.86. The quantitative estimate of drug-likeness (QED) is 0.576. The molecule has 0 amide bonds. The van der Waals surface area contributed by atoms with Gasteiger partial charge in [0.25, 0.3) is 0 Å². The van der Waals surface area contributed by atoms with E-state index in [0.717, 1.165) is 37.6 Å². The van der Waals surface area contributed by atoms with Crippen LogP contribution in [-0.4, -0.2) is 13.2 Å². The zero-order valence-corrected chi connectivity index (χ0v) is 6.80. The normalized spacial score (nSPS) is 18.0. The Morgan fingerprint density at radius 3 is 2.00 bits per heavy atom. The van der Waals surface area contributed by atoms with Crippen molar-refractivity contribution in [3.8, 4) is 11.5 Å². The van der Waals surface area contributed by atoms with E-state index >= 15 is 0 Å². The molecule has 2 nitrogen and oxygen atoms in total. The van der Waals surface area contributed by atoms with Gasteiger partial charge < -0.3 is 9.47 Å². The summed E-state index contributed by atoms with van der Waals surface area (Å²) in [4.78, 5) is 0. The lowest BCUT2D eigenvalue weighted by atomic mass is 10.1. The van der Waals surface area contributed by atoms with E-state index in [9.17, 15) is 0 Å². The van der Waals surface area contributed by atoms with Crippen LogP contribution >= 0.6 is 0 Å². The van der Waals surface area contributed by atoms with Crippen molar-refractivity contribution in [2.45, 2.75) is 12.8 Å². The molecule has 2 heteroatoms. The maximum atomic E-state index is 5.44. The molecule has 0 aromatic heterocycles. The van der Waals surface area contributed by atoms with E-state index in [2.05, 4.69) is 6.07 Å². The fourth-order valence-electron chi connectivity index (χ4n) is 1.86. The summed E-state index contributed by atoms with van der Waals surface area (Å²) in [6.07, 6.45) is 2.12. The minimum absolute atomic E-state index is 0.832. The van der Waals surface area contributed by atoms with Crippen LogP contribution in [0.5, 0.6) is 11.5 Å². The molecular formula is C10H10O2. The third kappa shape index (κ3) is 0.750. The summed E-state index contributed by atoms with van der Waals surface area (Å²) in [7, 11) is 0. The second-order valence-corrected chi connectivity index (χ2v) is 3.26. The summed E-state index contributed by atoms with van der Waals surface area (Å²) in [6.45, 7) is 1.66.